The van der Waals surface area contributed by atoms with Crippen molar-refractivity contribution >= 4 is 17.7 Å². The molecule has 0 saturated heterocycles. The molecule has 0 unspecified atom stereocenters. The van der Waals surface area contributed by atoms with Gasteiger partial charge < -0.3 is 19.2 Å². The van der Waals surface area contributed by atoms with Crippen molar-refractivity contribution in [2.75, 3.05) is 13.2 Å². The summed E-state index contributed by atoms with van der Waals surface area (Å²) in [7, 11) is 0. The molecule has 2 aromatic rings. The number of nitrogens with one attached hydrogen (secondary N) is 1. The van der Waals surface area contributed by atoms with Gasteiger partial charge in [0.2, 0.25) is 0 Å². The van der Waals surface area contributed by atoms with Crippen LogP contribution in [0.1, 0.15) is 50.5 Å². The Balaban J connectivity index is 1.87. The second-order valence-electron chi connectivity index (χ2n) is 7.88. The SMILES string of the molecule is CCOC(=O)C1=C(C)NC2=C(C(=O)[C@H](C(=O)OCC)[C@@H](c3ccco3)C2)[C@@H]1c1ccccn1. The Hall–Kier alpha value is -3.68. The zero-order chi connectivity index (χ0) is 23.5. The maximum Gasteiger partial charge on any atom is 0.336 e. The van der Waals surface area contributed by atoms with Crippen molar-refractivity contribution in [3.8, 4) is 0 Å². The molecule has 0 fully saturated rings. The fourth-order valence-corrected chi connectivity index (χ4v) is 4.63. The Morgan fingerprint density at radius 2 is 1.94 bits per heavy atom. The van der Waals surface area contributed by atoms with Crippen LogP contribution < -0.4 is 5.32 Å². The molecule has 4 rings (SSSR count). The average Bonchev–Trinajstić information content (AvgIpc) is 3.33. The van der Waals surface area contributed by atoms with E-state index < -0.39 is 35.5 Å². The van der Waals surface area contributed by atoms with Crippen LogP contribution in [0.3, 0.4) is 0 Å². The number of hydrogen-bond donors (Lipinski definition) is 1. The molecule has 1 aliphatic heterocycles. The molecule has 8 heteroatoms. The third-order valence-electron chi connectivity index (χ3n) is 5.95. The Bertz CT molecular complexity index is 1120. The van der Waals surface area contributed by atoms with Crippen molar-refractivity contribution in [2.24, 2.45) is 5.92 Å². The topological polar surface area (TPSA) is 108 Å². The highest BCUT2D eigenvalue weighted by molar-refractivity contribution is 6.13. The van der Waals surface area contributed by atoms with Gasteiger partial charge >= 0.3 is 11.9 Å². The third kappa shape index (κ3) is 4.08. The number of Topliss-reactive ketones (excluding diaryl/α,β-unsaturated/α-hetero) is 1. The first-order valence-electron chi connectivity index (χ1n) is 11.0. The van der Waals surface area contributed by atoms with E-state index in [4.69, 9.17) is 13.9 Å². The van der Waals surface area contributed by atoms with Gasteiger partial charge in [0, 0.05) is 29.1 Å². The number of nitrogens with zero attached hydrogens (tertiary/aromatic N) is 1. The molecule has 0 saturated carbocycles. The molecule has 0 radical (unpaired) electrons. The molecule has 1 aliphatic carbocycles. The van der Waals surface area contributed by atoms with Gasteiger partial charge in [-0.3, -0.25) is 14.6 Å². The molecule has 3 heterocycles. The van der Waals surface area contributed by atoms with Gasteiger partial charge in [-0.1, -0.05) is 6.07 Å². The predicted octanol–water partition coefficient (Wildman–Crippen LogP) is 3.39. The summed E-state index contributed by atoms with van der Waals surface area (Å²) in [5, 5.41) is 3.24. The third-order valence-corrected chi connectivity index (χ3v) is 5.95. The Morgan fingerprint density at radius 3 is 2.58 bits per heavy atom. The van der Waals surface area contributed by atoms with Crippen molar-refractivity contribution < 1.29 is 28.3 Å². The second-order valence-corrected chi connectivity index (χ2v) is 7.88. The number of hydrogen-bond acceptors (Lipinski definition) is 8. The minimum atomic E-state index is -1.09. The first kappa shape index (κ1) is 22.5. The van der Waals surface area contributed by atoms with Gasteiger partial charge in [0.15, 0.2) is 5.78 Å². The summed E-state index contributed by atoms with van der Waals surface area (Å²) in [4.78, 5) is 44.3. The van der Waals surface area contributed by atoms with E-state index in [1.54, 1.807) is 57.3 Å². The summed E-state index contributed by atoms with van der Waals surface area (Å²) in [6.07, 6.45) is 3.47. The molecule has 8 nitrogen and oxygen atoms in total. The van der Waals surface area contributed by atoms with Gasteiger partial charge in [0.05, 0.1) is 36.7 Å². The zero-order valence-corrected chi connectivity index (χ0v) is 18.8. The molecular formula is C25H26N2O6. The van der Waals surface area contributed by atoms with Crippen molar-refractivity contribution in [2.45, 2.75) is 39.0 Å². The summed E-state index contributed by atoms with van der Waals surface area (Å²) < 4.78 is 16.2. The van der Waals surface area contributed by atoms with E-state index in [1.165, 1.54) is 6.26 Å². The number of esters is 2. The van der Waals surface area contributed by atoms with E-state index in [0.29, 0.717) is 40.4 Å². The number of rotatable bonds is 6. The summed E-state index contributed by atoms with van der Waals surface area (Å²) >= 11 is 0. The maximum atomic E-state index is 14.0. The van der Waals surface area contributed by atoms with Crippen LogP contribution in [-0.2, 0) is 23.9 Å². The highest BCUT2D eigenvalue weighted by atomic mass is 16.5. The van der Waals surface area contributed by atoms with Crippen LogP contribution in [0.5, 0.6) is 0 Å². The van der Waals surface area contributed by atoms with Crippen molar-refractivity contribution in [3.05, 3.63) is 76.8 Å². The molecule has 2 aliphatic rings. The van der Waals surface area contributed by atoms with Crippen molar-refractivity contribution in [1.82, 2.24) is 10.3 Å². The van der Waals surface area contributed by atoms with Crippen LogP contribution in [0, 0.1) is 5.92 Å². The first-order chi connectivity index (χ1) is 16.0. The minimum absolute atomic E-state index is 0.147. The Labute approximate surface area is 191 Å². The molecule has 172 valence electrons. The number of ether oxygens (including phenoxy) is 2. The summed E-state index contributed by atoms with van der Waals surface area (Å²) in [6.45, 7) is 5.53. The van der Waals surface area contributed by atoms with E-state index in [-0.39, 0.29) is 13.2 Å². The standard InChI is InChI=1S/C25H26N2O6/c1-4-31-24(29)19-14(3)27-17-13-15(18-10-8-12-33-18)20(25(30)32-5-2)23(28)22(17)21(19)16-9-6-7-11-26-16/h6-12,15,20-21,27H,4-5,13H2,1-3H3/t15-,20-,21-/m1/s1. The van der Waals surface area contributed by atoms with Crippen molar-refractivity contribution in [3.63, 3.8) is 0 Å². The van der Waals surface area contributed by atoms with Crippen molar-refractivity contribution in [1.29, 1.82) is 0 Å². The molecule has 0 spiro atoms. The van der Waals surface area contributed by atoms with E-state index in [0.717, 1.165) is 0 Å². The molecule has 1 N–H and O–H groups in total. The van der Waals surface area contributed by atoms with Gasteiger partial charge in [-0.25, -0.2) is 4.79 Å². The lowest BCUT2D eigenvalue weighted by atomic mass is 9.69. The number of carbonyl (C=O) groups is 3. The Morgan fingerprint density at radius 1 is 1.15 bits per heavy atom. The van der Waals surface area contributed by atoms with E-state index in [2.05, 4.69) is 10.3 Å². The zero-order valence-electron chi connectivity index (χ0n) is 18.8. The lowest BCUT2D eigenvalue weighted by molar-refractivity contribution is -0.152. The van der Waals surface area contributed by atoms with E-state index >= 15 is 0 Å². The van der Waals surface area contributed by atoms with Crippen LogP contribution >= 0.6 is 0 Å². The monoisotopic (exact) mass is 450 g/mol. The largest absolute Gasteiger partial charge is 0.469 e. The number of carbonyl (C=O) groups excluding carboxylic acids is 3. The van der Waals surface area contributed by atoms with Crippen LogP contribution in [0.2, 0.25) is 0 Å². The fraction of sp³-hybridized carbons (Fsp3) is 0.360. The van der Waals surface area contributed by atoms with Gasteiger partial charge in [-0.15, -0.1) is 0 Å². The number of pyridine rings is 1. The van der Waals surface area contributed by atoms with Gasteiger partial charge in [-0.2, -0.15) is 0 Å². The average molecular weight is 450 g/mol. The lowest BCUT2D eigenvalue weighted by Crippen LogP contribution is -2.43. The molecular weight excluding hydrogens is 424 g/mol. The molecule has 0 amide bonds. The van der Waals surface area contributed by atoms with E-state index in [1.807, 2.05) is 0 Å². The van der Waals surface area contributed by atoms with E-state index in [9.17, 15) is 14.4 Å². The van der Waals surface area contributed by atoms with Crippen LogP contribution in [0.4, 0.5) is 0 Å². The number of furan rings is 1. The quantitative estimate of drug-likeness (QED) is 0.527. The summed E-state index contributed by atoms with van der Waals surface area (Å²) in [5.74, 6) is -3.40. The molecule has 2 aromatic heterocycles. The van der Waals surface area contributed by atoms with Gasteiger partial charge in [0.1, 0.15) is 11.7 Å². The number of allylic oxidation sites excluding steroid dienone is 3. The fourth-order valence-electron chi connectivity index (χ4n) is 4.63. The first-order valence-corrected chi connectivity index (χ1v) is 11.0. The molecule has 0 aromatic carbocycles. The maximum absolute atomic E-state index is 14.0. The summed E-state index contributed by atoms with van der Waals surface area (Å²) in [5.41, 5.74) is 2.40. The summed E-state index contributed by atoms with van der Waals surface area (Å²) in [6, 6.07) is 8.79. The van der Waals surface area contributed by atoms with Gasteiger partial charge in [0.25, 0.3) is 0 Å². The second kappa shape index (κ2) is 9.44. The number of aromatic nitrogens is 1. The predicted molar refractivity (Wildman–Crippen MR) is 118 cm³/mol. The molecule has 3 atom stereocenters. The van der Waals surface area contributed by atoms with Crippen LogP contribution in [0.25, 0.3) is 0 Å². The minimum Gasteiger partial charge on any atom is -0.469 e. The van der Waals surface area contributed by atoms with Crippen LogP contribution in [-0.4, -0.2) is 35.9 Å². The Kier molecular flexibility index (Phi) is 6.44. The highest BCUT2D eigenvalue weighted by Crippen LogP contribution is 2.47. The normalized spacial score (nSPS) is 22.5. The van der Waals surface area contributed by atoms with Crippen LogP contribution in [0.15, 0.2) is 69.7 Å². The molecule has 0 bridgehead atoms. The number of ketones is 1. The molecule has 33 heavy (non-hydrogen) atoms. The lowest BCUT2D eigenvalue weighted by Gasteiger charge is -2.38. The number of dihydropyridines is 1. The smallest absolute Gasteiger partial charge is 0.336 e. The van der Waals surface area contributed by atoms with Gasteiger partial charge in [-0.05, 0) is 51.5 Å². The highest BCUT2D eigenvalue weighted by Gasteiger charge is 2.50.